The van der Waals surface area contributed by atoms with Crippen LogP contribution >= 0.6 is 0 Å². The Bertz CT molecular complexity index is 450. The summed E-state index contributed by atoms with van der Waals surface area (Å²) in [5.74, 6) is 1.40. The number of aliphatic hydroxyl groups is 1. The number of rotatable bonds is 6. The molecular weight excluding hydrogens is 270 g/mol. The summed E-state index contributed by atoms with van der Waals surface area (Å²) in [6, 6.07) is 5.96. The van der Waals surface area contributed by atoms with Crippen LogP contribution in [0.3, 0.4) is 0 Å². The van der Waals surface area contributed by atoms with Gasteiger partial charge in [-0.15, -0.1) is 0 Å². The third kappa shape index (κ3) is 4.33. The molecule has 1 fully saturated rings. The largest absolute Gasteiger partial charge is 0.497 e. The van der Waals surface area contributed by atoms with Crippen LogP contribution in [0, 0.1) is 0 Å². The van der Waals surface area contributed by atoms with Gasteiger partial charge >= 0.3 is 0 Å². The summed E-state index contributed by atoms with van der Waals surface area (Å²) in [7, 11) is 1.60. The predicted molar refractivity (Wildman–Crippen MR) is 80.9 cm³/mol. The number of aliphatic hydroxyl groups excluding tert-OH is 1. The minimum Gasteiger partial charge on any atom is -0.497 e. The standard InChI is InChI=1S/C16H25NO4/c1-12(2)17-6-7-20-15(9-17)11-21-16-5-4-14(19-3)8-13(16)10-18/h4-5,8,12,15,18H,6-7,9-11H2,1-3H3. The number of nitrogens with zero attached hydrogens (tertiary/aromatic N) is 1. The first-order valence-electron chi connectivity index (χ1n) is 7.40. The molecule has 1 aliphatic heterocycles. The highest BCUT2D eigenvalue weighted by atomic mass is 16.5. The molecular formula is C16H25NO4. The molecule has 0 spiro atoms. The summed E-state index contributed by atoms with van der Waals surface area (Å²) in [6.07, 6.45) is 0.0646. The lowest BCUT2D eigenvalue weighted by Crippen LogP contribution is -2.47. The molecule has 2 rings (SSSR count). The molecule has 5 nitrogen and oxygen atoms in total. The Kier molecular flexibility index (Phi) is 5.85. The monoisotopic (exact) mass is 295 g/mol. The van der Waals surface area contributed by atoms with Gasteiger partial charge in [0.2, 0.25) is 0 Å². The van der Waals surface area contributed by atoms with Gasteiger partial charge in [0.15, 0.2) is 0 Å². The van der Waals surface area contributed by atoms with Crippen molar-refractivity contribution in [2.45, 2.75) is 32.6 Å². The Morgan fingerprint density at radius 3 is 2.90 bits per heavy atom. The van der Waals surface area contributed by atoms with Crippen LogP contribution in [0.25, 0.3) is 0 Å². The van der Waals surface area contributed by atoms with E-state index in [0.717, 1.165) is 25.3 Å². The van der Waals surface area contributed by atoms with Crippen LogP contribution in [0.5, 0.6) is 11.5 Å². The normalized spacial score (nSPS) is 19.8. The molecule has 1 atom stereocenters. The van der Waals surface area contributed by atoms with E-state index in [2.05, 4.69) is 18.7 Å². The third-order valence-electron chi connectivity index (χ3n) is 3.76. The lowest BCUT2D eigenvalue weighted by Gasteiger charge is -2.35. The number of methoxy groups -OCH3 is 1. The molecule has 21 heavy (non-hydrogen) atoms. The third-order valence-corrected chi connectivity index (χ3v) is 3.76. The zero-order valence-corrected chi connectivity index (χ0v) is 13.0. The highest BCUT2D eigenvalue weighted by molar-refractivity contribution is 5.39. The van der Waals surface area contributed by atoms with Gasteiger partial charge in [-0.3, -0.25) is 4.90 Å². The molecule has 0 bridgehead atoms. The Balaban J connectivity index is 1.93. The van der Waals surface area contributed by atoms with Crippen LogP contribution in [0.1, 0.15) is 19.4 Å². The molecule has 0 aromatic heterocycles. The summed E-state index contributed by atoms with van der Waals surface area (Å²) < 4.78 is 16.7. The number of hydrogen-bond acceptors (Lipinski definition) is 5. The van der Waals surface area contributed by atoms with E-state index in [4.69, 9.17) is 14.2 Å². The van der Waals surface area contributed by atoms with Crippen molar-refractivity contribution in [3.05, 3.63) is 23.8 Å². The summed E-state index contributed by atoms with van der Waals surface area (Å²) in [6.45, 7) is 7.38. The molecule has 1 aliphatic rings. The van der Waals surface area contributed by atoms with Crippen molar-refractivity contribution in [2.75, 3.05) is 33.4 Å². The zero-order chi connectivity index (χ0) is 15.2. The molecule has 1 saturated heterocycles. The molecule has 1 heterocycles. The van der Waals surface area contributed by atoms with Crippen molar-refractivity contribution in [2.24, 2.45) is 0 Å². The molecule has 1 N–H and O–H groups in total. The lowest BCUT2D eigenvalue weighted by atomic mass is 10.2. The average molecular weight is 295 g/mol. The first-order chi connectivity index (χ1) is 10.1. The van der Waals surface area contributed by atoms with E-state index in [-0.39, 0.29) is 12.7 Å². The van der Waals surface area contributed by atoms with Gasteiger partial charge in [0.05, 0.1) is 20.3 Å². The average Bonchev–Trinajstić information content (AvgIpc) is 2.53. The Morgan fingerprint density at radius 1 is 1.43 bits per heavy atom. The van der Waals surface area contributed by atoms with Gasteiger partial charge in [0.25, 0.3) is 0 Å². The van der Waals surface area contributed by atoms with E-state index in [1.165, 1.54) is 0 Å². The van der Waals surface area contributed by atoms with Crippen molar-refractivity contribution in [3.8, 4) is 11.5 Å². The molecule has 1 aromatic rings. The highest BCUT2D eigenvalue weighted by Crippen LogP contribution is 2.24. The van der Waals surface area contributed by atoms with Crippen molar-refractivity contribution >= 4 is 0 Å². The Morgan fingerprint density at radius 2 is 2.24 bits per heavy atom. The van der Waals surface area contributed by atoms with Crippen molar-refractivity contribution < 1.29 is 19.3 Å². The molecule has 1 aromatic carbocycles. The van der Waals surface area contributed by atoms with Crippen LogP contribution in [0.2, 0.25) is 0 Å². The smallest absolute Gasteiger partial charge is 0.125 e. The van der Waals surface area contributed by atoms with E-state index in [1.54, 1.807) is 13.2 Å². The first kappa shape index (κ1) is 16.1. The van der Waals surface area contributed by atoms with Gasteiger partial charge < -0.3 is 19.3 Å². The second kappa shape index (κ2) is 7.64. The van der Waals surface area contributed by atoms with E-state index in [9.17, 15) is 5.11 Å². The summed E-state index contributed by atoms with van der Waals surface area (Å²) in [5, 5.41) is 9.42. The molecule has 0 saturated carbocycles. The van der Waals surface area contributed by atoms with Crippen LogP contribution < -0.4 is 9.47 Å². The number of benzene rings is 1. The molecule has 1 unspecified atom stereocenters. The zero-order valence-electron chi connectivity index (χ0n) is 13.0. The maximum absolute atomic E-state index is 9.42. The Labute approximate surface area is 126 Å². The maximum atomic E-state index is 9.42. The van der Waals surface area contributed by atoms with Gasteiger partial charge in [-0.2, -0.15) is 0 Å². The van der Waals surface area contributed by atoms with E-state index in [0.29, 0.717) is 24.1 Å². The fraction of sp³-hybridized carbons (Fsp3) is 0.625. The quantitative estimate of drug-likeness (QED) is 0.865. The van der Waals surface area contributed by atoms with Crippen LogP contribution in [0.4, 0.5) is 0 Å². The van der Waals surface area contributed by atoms with Crippen molar-refractivity contribution in [1.82, 2.24) is 4.90 Å². The van der Waals surface area contributed by atoms with Gasteiger partial charge in [-0.05, 0) is 32.0 Å². The summed E-state index contributed by atoms with van der Waals surface area (Å²) in [4.78, 5) is 2.39. The first-order valence-corrected chi connectivity index (χ1v) is 7.40. The van der Waals surface area contributed by atoms with Gasteiger partial charge in [0.1, 0.15) is 24.2 Å². The fourth-order valence-electron chi connectivity index (χ4n) is 2.44. The summed E-state index contributed by atoms with van der Waals surface area (Å²) >= 11 is 0. The minimum absolute atomic E-state index is 0.0646. The molecule has 118 valence electrons. The van der Waals surface area contributed by atoms with Crippen LogP contribution in [0.15, 0.2) is 18.2 Å². The van der Waals surface area contributed by atoms with Crippen LogP contribution in [-0.4, -0.2) is 55.6 Å². The number of hydrogen-bond donors (Lipinski definition) is 1. The minimum atomic E-state index is -0.0732. The maximum Gasteiger partial charge on any atom is 0.125 e. The number of ether oxygens (including phenoxy) is 3. The van der Waals surface area contributed by atoms with Gasteiger partial charge in [-0.1, -0.05) is 0 Å². The fourth-order valence-corrected chi connectivity index (χ4v) is 2.44. The second-order valence-electron chi connectivity index (χ2n) is 5.52. The Hall–Kier alpha value is -1.30. The van der Waals surface area contributed by atoms with Crippen molar-refractivity contribution in [1.29, 1.82) is 0 Å². The van der Waals surface area contributed by atoms with E-state index >= 15 is 0 Å². The predicted octanol–water partition coefficient (Wildman–Crippen LogP) is 1.68. The topological polar surface area (TPSA) is 51.2 Å². The van der Waals surface area contributed by atoms with E-state index < -0.39 is 0 Å². The lowest BCUT2D eigenvalue weighted by molar-refractivity contribution is -0.0566. The molecule has 5 heteroatoms. The van der Waals surface area contributed by atoms with E-state index in [1.807, 2.05) is 12.1 Å². The summed E-state index contributed by atoms with van der Waals surface area (Å²) in [5.41, 5.74) is 0.728. The highest BCUT2D eigenvalue weighted by Gasteiger charge is 2.23. The van der Waals surface area contributed by atoms with Gasteiger partial charge in [0, 0.05) is 24.7 Å². The van der Waals surface area contributed by atoms with Gasteiger partial charge in [-0.25, -0.2) is 0 Å². The molecule has 0 aliphatic carbocycles. The SMILES string of the molecule is COc1ccc(OCC2CN(C(C)C)CCO2)c(CO)c1. The second-order valence-corrected chi connectivity index (χ2v) is 5.52. The number of morpholine rings is 1. The molecule has 0 radical (unpaired) electrons. The molecule has 0 amide bonds. The van der Waals surface area contributed by atoms with Crippen molar-refractivity contribution in [3.63, 3.8) is 0 Å². The van der Waals surface area contributed by atoms with Crippen LogP contribution in [-0.2, 0) is 11.3 Å².